The van der Waals surface area contributed by atoms with Gasteiger partial charge in [0, 0.05) is 6.42 Å². The summed E-state index contributed by atoms with van der Waals surface area (Å²) in [5.74, 6) is -0.317. The summed E-state index contributed by atoms with van der Waals surface area (Å²) < 4.78 is 10.9. The predicted octanol–water partition coefficient (Wildman–Crippen LogP) is 4.00. The fourth-order valence-corrected chi connectivity index (χ4v) is 2.55. The molecule has 1 atom stereocenters. The van der Waals surface area contributed by atoms with E-state index in [1.165, 1.54) is 0 Å². The minimum atomic E-state index is -1.10. The lowest BCUT2D eigenvalue weighted by Crippen LogP contribution is -2.44. The van der Waals surface area contributed by atoms with Gasteiger partial charge in [0.1, 0.15) is 17.4 Å². The number of carbonyl (C=O) groups excluding carboxylic acids is 1. The lowest BCUT2D eigenvalue weighted by molar-refractivity contribution is -0.139. The van der Waals surface area contributed by atoms with Crippen LogP contribution in [0.25, 0.3) is 0 Å². The molecule has 0 aliphatic carbocycles. The van der Waals surface area contributed by atoms with Crippen molar-refractivity contribution in [3.8, 4) is 5.75 Å². The van der Waals surface area contributed by atoms with Crippen LogP contribution in [0.4, 0.5) is 4.79 Å². The summed E-state index contributed by atoms with van der Waals surface area (Å²) in [6, 6.07) is 2.75. The second kappa shape index (κ2) is 9.46. The monoisotopic (exact) mass is 365 g/mol. The second-order valence-electron chi connectivity index (χ2n) is 7.48. The van der Waals surface area contributed by atoms with Crippen LogP contribution in [0, 0.1) is 13.8 Å². The average molecular weight is 365 g/mol. The Bertz CT molecular complexity index is 611. The number of hydrogen-bond acceptors (Lipinski definition) is 4. The molecule has 0 aromatic heterocycles. The van der Waals surface area contributed by atoms with Crippen molar-refractivity contribution in [2.24, 2.45) is 0 Å². The van der Waals surface area contributed by atoms with Crippen LogP contribution in [0.5, 0.6) is 5.75 Å². The molecular weight excluding hydrogens is 334 g/mol. The van der Waals surface area contributed by atoms with E-state index >= 15 is 0 Å². The Morgan fingerprint density at radius 2 is 1.77 bits per heavy atom. The Labute approximate surface area is 155 Å². The molecule has 0 fully saturated rings. The van der Waals surface area contributed by atoms with Gasteiger partial charge in [0.2, 0.25) is 0 Å². The zero-order valence-corrected chi connectivity index (χ0v) is 16.6. The van der Waals surface area contributed by atoms with E-state index in [2.05, 4.69) is 12.2 Å². The van der Waals surface area contributed by atoms with Gasteiger partial charge in [0.15, 0.2) is 0 Å². The summed E-state index contributed by atoms with van der Waals surface area (Å²) in [6.07, 6.45) is 1.49. The van der Waals surface area contributed by atoms with Crippen LogP contribution in [0.3, 0.4) is 0 Å². The molecule has 0 saturated heterocycles. The first-order valence-corrected chi connectivity index (χ1v) is 8.98. The van der Waals surface area contributed by atoms with Gasteiger partial charge in [-0.2, -0.15) is 0 Å². The molecule has 6 heteroatoms. The van der Waals surface area contributed by atoms with Crippen LogP contribution in [0.1, 0.15) is 57.2 Å². The van der Waals surface area contributed by atoms with Gasteiger partial charge in [-0.1, -0.05) is 13.3 Å². The van der Waals surface area contributed by atoms with Gasteiger partial charge < -0.3 is 19.9 Å². The number of unbranched alkanes of at least 4 members (excludes halogenated alkanes) is 1. The Morgan fingerprint density at radius 3 is 2.23 bits per heavy atom. The quantitative estimate of drug-likeness (QED) is 0.680. The summed E-state index contributed by atoms with van der Waals surface area (Å²) >= 11 is 0. The lowest BCUT2D eigenvalue weighted by atomic mass is 9.96. The van der Waals surface area contributed by atoms with E-state index in [-0.39, 0.29) is 6.42 Å². The van der Waals surface area contributed by atoms with Crippen LogP contribution < -0.4 is 10.1 Å². The third kappa shape index (κ3) is 7.33. The Hall–Kier alpha value is -2.24. The van der Waals surface area contributed by atoms with E-state index in [9.17, 15) is 14.7 Å². The number of carboxylic acids is 1. The molecule has 0 heterocycles. The highest BCUT2D eigenvalue weighted by atomic mass is 16.6. The van der Waals surface area contributed by atoms with E-state index in [0.717, 1.165) is 35.3 Å². The van der Waals surface area contributed by atoms with E-state index in [1.54, 1.807) is 20.8 Å². The number of aliphatic carboxylic acids is 1. The highest BCUT2D eigenvalue weighted by Gasteiger charge is 2.25. The molecule has 0 saturated carbocycles. The number of amides is 1. The summed E-state index contributed by atoms with van der Waals surface area (Å²) in [5, 5.41) is 11.9. The SMILES string of the molecule is CCCCOc1cc(C)c(C[C@H](NC(=O)OC(C)(C)C)C(=O)O)c(C)c1. The van der Waals surface area contributed by atoms with Crippen LogP contribution in [0.2, 0.25) is 0 Å². The topological polar surface area (TPSA) is 84.9 Å². The number of alkyl carbamates (subject to hydrolysis) is 1. The smallest absolute Gasteiger partial charge is 0.408 e. The number of carboxylic acid groups (broad SMARTS) is 1. The largest absolute Gasteiger partial charge is 0.494 e. The van der Waals surface area contributed by atoms with Gasteiger partial charge >= 0.3 is 12.1 Å². The zero-order chi connectivity index (χ0) is 19.9. The third-order valence-electron chi connectivity index (χ3n) is 3.83. The van der Waals surface area contributed by atoms with Gasteiger partial charge in [0.25, 0.3) is 0 Å². The molecule has 0 aliphatic rings. The standard InChI is InChI=1S/C20H31NO5/c1-7-8-9-25-15-10-13(2)16(14(3)11-15)12-17(18(22)23)21-19(24)26-20(4,5)6/h10-11,17H,7-9,12H2,1-6H3,(H,21,24)(H,22,23)/t17-/m0/s1. The molecule has 1 aromatic carbocycles. The molecule has 1 aromatic rings. The molecule has 0 radical (unpaired) electrons. The number of hydrogen-bond donors (Lipinski definition) is 2. The first kappa shape index (κ1) is 21.8. The van der Waals surface area contributed by atoms with Crippen molar-refractivity contribution in [1.82, 2.24) is 5.32 Å². The fourth-order valence-electron chi connectivity index (χ4n) is 2.55. The van der Waals surface area contributed by atoms with Crippen LogP contribution >= 0.6 is 0 Å². The number of carbonyl (C=O) groups is 2. The van der Waals surface area contributed by atoms with Crippen LogP contribution in [-0.4, -0.2) is 35.4 Å². The Kier molecular flexibility index (Phi) is 7.93. The molecular formula is C20H31NO5. The van der Waals surface area contributed by atoms with Crippen LogP contribution in [0.15, 0.2) is 12.1 Å². The van der Waals surface area contributed by atoms with Crippen molar-refractivity contribution >= 4 is 12.1 Å². The lowest BCUT2D eigenvalue weighted by Gasteiger charge is -2.23. The Morgan fingerprint density at radius 1 is 1.19 bits per heavy atom. The van der Waals surface area contributed by atoms with Crippen molar-refractivity contribution in [1.29, 1.82) is 0 Å². The summed E-state index contributed by atoms with van der Waals surface area (Å²) in [7, 11) is 0. The van der Waals surface area contributed by atoms with Crippen molar-refractivity contribution < 1.29 is 24.2 Å². The highest BCUT2D eigenvalue weighted by Crippen LogP contribution is 2.23. The maximum absolute atomic E-state index is 11.9. The molecule has 1 rings (SSSR count). The number of benzene rings is 1. The second-order valence-corrected chi connectivity index (χ2v) is 7.48. The van der Waals surface area contributed by atoms with E-state index in [4.69, 9.17) is 9.47 Å². The van der Waals surface area contributed by atoms with Gasteiger partial charge in [0.05, 0.1) is 6.61 Å². The van der Waals surface area contributed by atoms with E-state index in [1.807, 2.05) is 26.0 Å². The van der Waals surface area contributed by atoms with Crippen molar-refractivity contribution in [3.63, 3.8) is 0 Å². The maximum atomic E-state index is 11.9. The molecule has 26 heavy (non-hydrogen) atoms. The highest BCUT2D eigenvalue weighted by molar-refractivity contribution is 5.80. The summed E-state index contributed by atoms with van der Waals surface area (Å²) in [4.78, 5) is 23.5. The van der Waals surface area contributed by atoms with Gasteiger partial charge in [-0.05, 0) is 69.9 Å². The van der Waals surface area contributed by atoms with Crippen LogP contribution in [-0.2, 0) is 16.0 Å². The maximum Gasteiger partial charge on any atom is 0.408 e. The molecule has 0 bridgehead atoms. The van der Waals surface area contributed by atoms with Crippen molar-refractivity contribution in [3.05, 3.63) is 28.8 Å². The molecule has 2 N–H and O–H groups in total. The first-order valence-electron chi connectivity index (χ1n) is 8.98. The molecule has 6 nitrogen and oxygen atoms in total. The normalized spacial score (nSPS) is 12.4. The van der Waals surface area contributed by atoms with Crippen molar-refractivity contribution in [2.75, 3.05) is 6.61 Å². The molecule has 0 spiro atoms. The molecule has 1 amide bonds. The number of nitrogens with one attached hydrogen (secondary N) is 1. The number of aryl methyl sites for hydroxylation is 2. The average Bonchev–Trinajstić information content (AvgIpc) is 2.48. The summed E-state index contributed by atoms with van der Waals surface area (Å²) in [6.45, 7) is 11.8. The summed E-state index contributed by atoms with van der Waals surface area (Å²) in [5.41, 5.74) is 2.08. The molecule has 146 valence electrons. The van der Waals surface area contributed by atoms with Gasteiger partial charge in [-0.25, -0.2) is 9.59 Å². The molecule has 0 unspecified atom stereocenters. The van der Waals surface area contributed by atoms with E-state index in [0.29, 0.717) is 6.61 Å². The minimum absolute atomic E-state index is 0.182. The minimum Gasteiger partial charge on any atom is -0.494 e. The number of ether oxygens (including phenoxy) is 2. The van der Waals surface area contributed by atoms with Gasteiger partial charge in [-0.3, -0.25) is 0 Å². The Balaban J connectivity index is 2.88. The van der Waals surface area contributed by atoms with Crippen molar-refractivity contribution in [2.45, 2.75) is 72.4 Å². The predicted molar refractivity (Wildman–Crippen MR) is 101 cm³/mol. The van der Waals surface area contributed by atoms with Gasteiger partial charge in [-0.15, -0.1) is 0 Å². The number of rotatable bonds is 8. The third-order valence-corrected chi connectivity index (χ3v) is 3.83. The fraction of sp³-hybridized carbons (Fsp3) is 0.600. The van der Waals surface area contributed by atoms with E-state index < -0.39 is 23.7 Å². The first-order chi connectivity index (χ1) is 12.0. The zero-order valence-electron chi connectivity index (χ0n) is 16.6. The molecule has 0 aliphatic heterocycles.